The van der Waals surface area contributed by atoms with E-state index in [4.69, 9.17) is 5.73 Å². The minimum atomic E-state index is -0.199. The molecule has 2 N–H and O–H groups in total. The molecule has 0 aromatic heterocycles. The normalized spacial score (nSPS) is 27.1. The zero-order chi connectivity index (χ0) is 12.4. The minimum absolute atomic E-state index is 0.0959. The van der Waals surface area contributed by atoms with Crippen LogP contribution in [0.1, 0.15) is 26.2 Å². The summed E-state index contributed by atoms with van der Waals surface area (Å²) in [6.07, 6.45) is 2.88. The van der Waals surface area contributed by atoms with Gasteiger partial charge in [-0.1, -0.05) is 6.92 Å². The second kappa shape index (κ2) is 5.04. The van der Waals surface area contributed by atoms with Crippen molar-refractivity contribution in [1.82, 2.24) is 9.80 Å². The van der Waals surface area contributed by atoms with E-state index in [0.717, 1.165) is 25.8 Å². The summed E-state index contributed by atoms with van der Waals surface area (Å²) in [5.41, 5.74) is 5.57. The number of carbonyl (C=O) groups excluding carboxylic acids is 2. The van der Waals surface area contributed by atoms with E-state index < -0.39 is 0 Å². The molecular formula is C12H21N3O2. The van der Waals surface area contributed by atoms with E-state index in [9.17, 15) is 9.59 Å². The molecule has 0 aromatic carbocycles. The van der Waals surface area contributed by atoms with E-state index in [1.54, 1.807) is 9.80 Å². The van der Waals surface area contributed by atoms with Crippen LogP contribution in [0.25, 0.3) is 0 Å². The van der Waals surface area contributed by atoms with Gasteiger partial charge >= 0.3 is 0 Å². The van der Waals surface area contributed by atoms with Gasteiger partial charge in [-0.3, -0.25) is 9.59 Å². The van der Waals surface area contributed by atoms with Gasteiger partial charge in [-0.05, 0) is 31.7 Å². The molecule has 2 aliphatic heterocycles. The Bertz CT molecular complexity index is 319. The van der Waals surface area contributed by atoms with E-state index >= 15 is 0 Å². The Hall–Kier alpha value is -1.10. The number of fused-ring (bicyclic) bond motifs is 1. The highest BCUT2D eigenvalue weighted by Crippen LogP contribution is 2.23. The minimum Gasteiger partial charge on any atom is -0.331 e. The molecule has 2 atom stereocenters. The fraction of sp³-hybridized carbons (Fsp3) is 0.833. The average molecular weight is 239 g/mol. The molecule has 2 rings (SSSR count). The van der Waals surface area contributed by atoms with Gasteiger partial charge in [0.1, 0.15) is 6.04 Å². The number of hydrogen-bond acceptors (Lipinski definition) is 3. The van der Waals surface area contributed by atoms with Crippen LogP contribution in [0.15, 0.2) is 0 Å². The van der Waals surface area contributed by atoms with Crippen molar-refractivity contribution in [2.45, 2.75) is 32.2 Å². The van der Waals surface area contributed by atoms with Crippen LogP contribution in [-0.2, 0) is 9.59 Å². The number of nitrogens with zero attached hydrogens (tertiary/aromatic N) is 2. The average Bonchev–Trinajstić information content (AvgIpc) is 2.35. The van der Waals surface area contributed by atoms with Crippen molar-refractivity contribution in [3.63, 3.8) is 0 Å². The Morgan fingerprint density at radius 1 is 1.41 bits per heavy atom. The van der Waals surface area contributed by atoms with E-state index in [1.165, 1.54) is 0 Å². The van der Waals surface area contributed by atoms with Crippen LogP contribution in [-0.4, -0.2) is 53.8 Å². The number of piperidine rings is 1. The largest absolute Gasteiger partial charge is 0.331 e. The molecule has 0 saturated carbocycles. The Balaban J connectivity index is 2.06. The summed E-state index contributed by atoms with van der Waals surface area (Å²) in [5.74, 6) is 0.463. The molecule has 0 aromatic rings. The van der Waals surface area contributed by atoms with Gasteiger partial charge in [0.05, 0.1) is 6.54 Å². The smallest absolute Gasteiger partial charge is 0.245 e. The molecule has 2 saturated heterocycles. The molecule has 5 heteroatoms. The molecule has 2 amide bonds. The van der Waals surface area contributed by atoms with Crippen molar-refractivity contribution in [3.05, 3.63) is 0 Å². The number of hydrogen-bond donors (Lipinski definition) is 1. The predicted molar refractivity (Wildman–Crippen MR) is 64.2 cm³/mol. The first-order valence-corrected chi connectivity index (χ1v) is 6.41. The first-order valence-electron chi connectivity index (χ1n) is 6.41. The van der Waals surface area contributed by atoms with Crippen molar-refractivity contribution in [1.29, 1.82) is 0 Å². The lowest BCUT2D eigenvalue weighted by atomic mass is 9.97. The molecule has 2 heterocycles. The van der Waals surface area contributed by atoms with E-state index in [2.05, 4.69) is 0 Å². The Kier molecular flexibility index (Phi) is 3.66. The van der Waals surface area contributed by atoms with E-state index in [0.29, 0.717) is 13.1 Å². The molecule has 2 aliphatic rings. The van der Waals surface area contributed by atoms with Gasteiger partial charge < -0.3 is 15.5 Å². The molecular weight excluding hydrogens is 218 g/mol. The van der Waals surface area contributed by atoms with Crippen LogP contribution in [0.2, 0.25) is 0 Å². The number of piperazine rings is 1. The number of carbonyl (C=O) groups is 2. The number of rotatable bonds is 3. The zero-order valence-electron chi connectivity index (χ0n) is 10.4. The third kappa shape index (κ3) is 2.44. The SMILES string of the molecule is CC(CN)CN1CC(=O)N2CCCCC2C1=O. The second-order valence-corrected chi connectivity index (χ2v) is 5.16. The molecule has 17 heavy (non-hydrogen) atoms. The summed E-state index contributed by atoms with van der Waals surface area (Å²) in [7, 11) is 0. The molecule has 0 bridgehead atoms. The van der Waals surface area contributed by atoms with Crippen LogP contribution in [0, 0.1) is 5.92 Å². The molecule has 2 unspecified atom stereocenters. The van der Waals surface area contributed by atoms with Crippen molar-refractivity contribution < 1.29 is 9.59 Å². The first-order chi connectivity index (χ1) is 8.13. The first kappa shape index (κ1) is 12.4. The lowest BCUT2D eigenvalue weighted by Crippen LogP contribution is -2.61. The predicted octanol–water partition coefficient (Wildman–Crippen LogP) is -0.195. The molecule has 2 fully saturated rings. The third-order valence-electron chi connectivity index (χ3n) is 3.68. The third-order valence-corrected chi connectivity index (χ3v) is 3.68. The Labute approximate surface area is 102 Å². The van der Waals surface area contributed by atoms with Crippen LogP contribution >= 0.6 is 0 Å². The summed E-state index contributed by atoms with van der Waals surface area (Å²) < 4.78 is 0. The standard InChI is InChI=1S/C12H21N3O2/c1-9(6-13)7-14-8-11(16)15-5-3-2-4-10(15)12(14)17/h9-10H,2-8,13H2,1H3. The number of nitrogens with two attached hydrogens (primary N) is 1. The Morgan fingerprint density at radius 3 is 2.88 bits per heavy atom. The summed E-state index contributed by atoms with van der Waals surface area (Å²) in [4.78, 5) is 27.6. The van der Waals surface area contributed by atoms with Crippen LogP contribution in [0.3, 0.4) is 0 Å². The maximum atomic E-state index is 12.2. The van der Waals surface area contributed by atoms with Crippen molar-refractivity contribution in [2.24, 2.45) is 11.7 Å². The number of amides is 2. The molecule has 0 radical (unpaired) electrons. The van der Waals surface area contributed by atoms with Crippen molar-refractivity contribution >= 4 is 11.8 Å². The molecule has 0 aliphatic carbocycles. The second-order valence-electron chi connectivity index (χ2n) is 5.16. The molecule has 0 spiro atoms. The summed E-state index contributed by atoms with van der Waals surface area (Å²) in [5, 5.41) is 0. The van der Waals surface area contributed by atoms with Gasteiger partial charge in [0.2, 0.25) is 11.8 Å². The summed E-state index contributed by atoms with van der Waals surface area (Å²) >= 11 is 0. The van der Waals surface area contributed by atoms with E-state index in [1.807, 2.05) is 6.92 Å². The van der Waals surface area contributed by atoms with Gasteiger partial charge in [0, 0.05) is 13.1 Å². The van der Waals surface area contributed by atoms with Gasteiger partial charge in [0.15, 0.2) is 0 Å². The van der Waals surface area contributed by atoms with Crippen molar-refractivity contribution in [3.8, 4) is 0 Å². The van der Waals surface area contributed by atoms with Crippen LogP contribution < -0.4 is 5.73 Å². The monoisotopic (exact) mass is 239 g/mol. The lowest BCUT2D eigenvalue weighted by molar-refractivity contribution is -0.158. The topological polar surface area (TPSA) is 66.6 Å². The fourth-order valence-electron chi connectivity index (χ4n) is 2.63. The van der Waals surface area contributed by atoms with Crippen LogP contribution in [0.4, 0.5) is 0 Å². The Morgan fingerprint density at radius 2 is 2.18 bits per heavy atom. The molecule has 96 valence electrons. The highest BCUT2D eigenvalue weighted by Gasteiger charge is 2.40. The van der Waals surface area contributed by atoms with Gasteiger partial charge in [-0.15, -0.1) is 0 Å². The fourth-order valence-corrected chi connectivity index (χ4v) is 2.63. The maximum Gasteiger partial charge on any atom is 0.245 e. The van der Waals surface area contributed by atoms with Gasteiger partial charge in [-0.2, -0.15) is 0 Å². The van der Waals surface area contributed by atoms with Gasteiger partial charge in [0.25, 0.3) is 0 Å². The summed E-state index contributed by atoms with van der Waals surface area (Å²) in [6, 6.07) is -0.199. The van der Waals surface area contributed by atoms with Gasteiger partial charge in [-0.25, -0.2) is 0 Å². The van der Waals surface area contributed by atoms with Crippen LogP contribution in [0.5, 0.6) is 0 Å². The lowest BCUT2D eigenvalue weighted by Gasteiger charge is -2.43. The van der Waals surface area contributed by atoms with E-state index in [-0.39, 0.29) is 30.3 Å². The highest BCUT2D eigenvalue weighted by molar-refractivity contribution is 5.95. The zero-order valence-corrected chi connectivity index (χ0v) is 10.4. The quantitative estimate of drug-likeness (QED) is 0.742. The molecule has 5 nitrogen and oxygen atoms in total. The maximum absolute atomic E-state index is 12.2. The highest BCUT2D eigenvalue weighted by atomic mass is 16.2. The summed E-state index contributed by atoms with van der Waals surface area (Å²) in [6.45, 7) is 4.14. The van der Waals surface area contributed by atoms with Crippen molar-refractivity contribution in [2.75, 3.05) is 26.2 Å².